The van der Waals surface area contributed by atoms with E-state index in [0.717, 1.165) is 62.3 Å². The highest BCUT2D eigenvalue weighted by molar-refractivity contribution is 6.05. The topological polar surface area (TPSA) is 55.4 Å². The quantitative estimate of drug-likeness (QED) is 0.557. The molecule has 1 aromatic rings. The van der Waals surface area contributed by atoms with Gasteiger partial charge in [0, 0.05) is 12.8 Å². The van der Waals surface area contributed by atoms with E-state index >= 15 is 0 Å². The number of aryl methyl sites for hydroxylation is 1. The molecule has 1 saturated heterocycles. The summed E-state index contributed by atoms with van der Waals surface area (Å²) >= 11 is 0. The fraction of sp³-hybridized carbons (Fsp3) is 0.652. The zero-order valence-corrected chi connectivity index (χ0v) is 18.0. The summed E-state index contributed by atoms with van der Waals surface area (Å²) in [6.45, 7) is 8.78. The van der Waals surface area contributed by atoms with Crippen molar-refractivity contribution in [2.24, 2.45) is 0 Å². The second-order valence-electron chi connectivity index (χ2n) is 8.53. The first-order valence-corrected chi connectivity index (χ1v) is 11.0. The van der Waals surface area contributed by atoms with Crippen LogP contribution in [0.5, 0.6) is 0 Å². The van der Waals surface area contributed by atoms with Crippen LogP contribution in [0.25, 0.3) is 0 Å². The number of quaternary nitrogens is 1. The molecule has 1 aliphatic heterocycles. The third-order valence-electron chi connectivity index (χ3n) is 7.07. The fourth-order valence-corrected chi connectivity index (χ4v) is 5.28. The smallest absolute Gasteiger partial charge is 0.340 e. The number of halogens is 1. The Morgan fingerprint density at radius 2 is 1.76 bits per heavy atom. The van der Waals surface area contributed by atoms with Gasteiger partial charge in [0.2, 0.25) is 0 Å². The van der Waals surface area contributed by atoms with Crippen molar-refractivity contribution in [3.8, 4) is 0 Å². The number of carbonyl (C=O) groups excluding carboxylic acids is 2. The van der Waals surface area contributed by atoms with Gasteiger partial charge in [-0.1, -0.05) is 0 Å². The van der Waals surface area contributed by atoms with Gasteiger partial charge in [-0.3, -0.25) is 4.79 Å². The number of benzene rings is 1. The Bertz CT molecular complexity index is 766. The van der Waals surface area contributed by atoms with Crippen LogP contribution in [0.15, 0.2) is 12.1 Å². The highest BCUT2D eigenvalue weighted by Crippen LogP contribution is 2.45. The van der Waals surface area contributed by atoms with E-state index in [1.54, 1.807) is 13.8 Å². The minimum Gasteiger partial charge on any atom is -0.462 e. The fourth-order valence-electron chi connectivity index (χ4n) is 5.28. The number of ether oxygens (including phenoxy) is 1. The summed E-state index contributed by atoms with van der Waals surface area (Å²) in [4.78, 5) is 26.1. The molecule has 160 valence electrons. The van der Waals surface area contributed by atoms with Crippen LogP contribution in [0, 0.1) is 12.7 Å². The molecule has 0 spiro atoms. The highest BCUT2D eigenvalue weighted by atomic mass is 19.1. The first kappa shape index (κ1) is 21.8. The predicted octanol–water partition coefficient (Wildman–Crippen LogP) is 4.58. The Balaban J connectivity index is 1.95. The average Bonchev–Trinajstić information content (AvgIpc) is 2.89. The van der Waals surface area contributed by atoms with E-state index in [4.69, 9.17) is 4.74 Å². The number of nitrogens with zero attached hydrogens (tertiary/aromatic N) is 1. The molecular weight excluding hydrogens is 371 g/mol. The Hall–Kier alpha value is -1.95. The predicted molar refractivity (Wildman–Crippen MR) is 111 cm³/mol. The van der Waals surface area contributed by atoms with Crippen molar-refractivity contribution < 1.29 is 23.2 Å². The first-order valence-electron chi connectivity index (χ1n) is 11.0. The van der Waals surface area contributed by atoms with Gasteiger partial charge in [-0.25, -0.2) is 9.18 Å². The van der Waals surface area contributed by atoms with Crippen LogP contribution < -0.4 is 5.32 Å². The monoisotopic (exact) mass is 405 g/mol. The van der Waals surface area contributed by atoms with E-state index in [9.17, 15) is 14.0 Å². The molecule has 1 aliphatic carbocycles. The Morgan fingerprint density at radius 3 is 2.28 bits per heavy atom. The third kappa shape index (κ3) is 3.91. The first-order chi connectivity index (χ1) is 13.9. The van der Waals surface area contributed by atoms with Gasteiger partial charge in [0.25, 0.3) is 5.91 Å². The molecule has 6 heteroatoms. The van der Waals surface area contributed by atoms with Crippen LogP contribution >= 0.6 is 0 Å². The third-order valence-corrected chi connectivity index (χ3v) is 7.07. The van der Waals surface area contributed by atoms with Crippen molar-refractivity contribution in [2.45, 2.75) is 71.3 Å². The summed E-state index contributed by atoms with van der Waals surface area (Å²) in [5.41, 5.74) is 0.553. The number of hydrogen-bond acceptors (Lipinski definition) is 3. The minimum atomic E-state index is -0.609. The number of likely N-dealkylation sites (N-methyl/N-ethyl adjacent to an activating group) is 1. The Labute approximate surface area is 173 Å². The summed E-state index contributed by atoms with van der Waals surface area (Å²) < 4.78 is 19.9. The molecule has 0 radical (unpaired) electrons. The number of nitrogens with one attached hydrogen (secondary N) is 1. The van der Waals surface area contributed by atoms with E-state index in [-0.39, 0.29) is 18.1 Å². The SMILES string of the molecule is CCOC(=O)c1cc(F)cc(C)c1NC(=O)C1([N+]2(CC)CCCCCC2)CCC1. The number of esters is 1. The van der Waals surface area contributed by atoms with Gasteiger partial charge in [-0.2, -0.15) is 0 Å². The lowest BCUT2D eigenvalue weighted by Crippen LogP contribution is -2.72. The van der Waals surface area contributed by atoms with E-state index in [1.807, 2.05) is 0 Å². The summed E-state index contributed by atoms with van der Waals surface area (Å²) in [6, 6.07) is 2.51. The van der Waals surface area contributed by atoms with Crippen LogP contribution in [0.3, 0.4) is 0 Å². The maximum atomic E-state index is 14.0. The maximum absolute atomic E-state index is 14.0. The van der Waals surface area contributed by atoms with Crippen molar-refractivity contribution in [3.63, 3.8) is 0 Å². The second-order valence-corrected chi connectivity index (χ2v) is 8.53. The van der Waals surface area contributed by atoms with Crippen LogP contribution in [0.4, 0.5) is 10.1 Å². The van der Waals surface area contributed by atoms with E-state index < -0.39 is 17.3 Å². The van der Waals surface area contributed by atoms with Gasteiger partial charge in [0.15, 0.2) is 5.54 Å². The zero-order valence-electron chi connectivity index (χ0n) is 18.0. The number of amides is 1. The maximum Gasteiger partial charge on any atom is 0.340 e. The number of rotatable bonds is 6. The number of anilines is 1. The summed E-state index contributed by atoms with van der Waals surface area (Å²) in [5.74, 6) is -1.15. The normalized spacial score (nSPS) is 20.3. The lowest BCUT2D eigenvalue weighted by atomic mass is 9.72. The van der Waals surface area contributed by atoms with Crippen LogP contribution in [0.2, 0.25) is 0 Å². The van der Waals surface area contributed by atoms with E-state index in [1.165, 1.54) is 18.9 Å². The molecule has 1 heterocycles. The molecule has 1 saturated carbocycles. The van der Waals surface area contributed by atoms with Crippen molar-refractivity contribution in [2.75, 3.05) is 31.6 Å². The lowest BCUT2D eigenvalue weighted by molar-refractivity contribution is -0.970. The molecule has 1 N–H and O–H groups in total. The largest absolute Gasteiger partial charge is 0.462 e. The number of carbonyl (C=O) groups is 2. The van der Waals surface area contributed by atoms with Gasteiger partial charge < -0.3 is 14.5 Å². The van der Waals surface area contributed by atoms with Crippen molar-refractivity contribution in [1.29, 1.82) is 0 Å². The zero-order chi connectivity index (χ0) is 21.1. The number of hydrogen-bond donors (Lipinski definition) is 1. The van der Waals surface area contributed by atoms with Gasteiger partial charge in [-0.05, 0) is 70.6 Å². The van der Waals surface area contributed by atoms with Crippen LogP contribution in [0.1, 0.15) is 74.7 Å². The van der Waals surface area contributed by atoms with E-state index in [0.29, 0.717) is 11.3 Å². The molecule has 1 aromatic carbocycles. The molecule has 0 unspecified atom stereocenters. The molecule has 0 aromatic heterocycles. The van der Waals surface area contributed by atoms with Crippen molar-refractivity contribution in [1.82, 2.24) is 0 Å². The van der Waals surface area contributed by atoms with Gasteiger partial charge >= 0.3 is 5.97 Å². The minimum absolute atomic E-state index is 0.0345. The Morgan fingerprint density at radius 1 is 1.10 bits per heavy atom. The Kier molecular flexibility index (Phi) is 6.62. The van der Waals surface area contributed by atoms with Crippen LogP contribution in [-0.4, -0.2) is 48.1 Å². The lowest BCUT2D eigenvalue weighted by Gasteiger charge is -2.56. The summed E-state index contributed by atoms with van der Waals surface area (Å²) in [6.07, 6.45) is 7.51. The standard InChI is InChI=1S/C23H33FN2O3/c1-4-26(13-8-6-7-9-14-26)23(11-10-12-23)22(28)25-20-17(3)15-18(24)16-19(20)21(27)29-5-2/h15-16H,4-14H2,1-3H3/p+1. The summed E-state index contributed by atoms with van der Waals surface area (Å²) in [7, 11) is 0. The molecule has 5 nitrogen and oxygen atoms in total. The average molecular weight is 406 g/mol. The van der Waals surface area contributed by atoms with Gasteiger partial charge in [-0.15, -0.1) is 0 Å². The molecule has 2 aliphatic rings. The van der Waals surface area contributed by atoms with Crippen molar-refractivity contribution in [3.05, 3.63) is 29.1 Å². The molecule has 2 fully saturated rings. The molecule has 1 amide bonds. The van der Waals surface area contributed by atoms with Crippen LogP contribution in [-0.2, 0) is 9.53 Å². The molecule has 29 heavy (non-hydrogen) atoms. The highest BCUT2D eigenvalue weighted by Gasteiger charge is 2.59. The molecular formula is C23H34FN2O3+. The summed E-state index contributed by atoms with van der Waals surface area (Å²) in [5, 5.41) is 3.04. The number of likely N-dealkylation sites (tertiary alicyclic amines) is 1. The molecule has 0 atom stereocenters. The van der Waals surface area contributed by atoms with Gasteiger partial charge in [0.1, 0.15) is 5.82 Å². The van der Waals surface area contributed by atoms with Gasteiger partial charge in [0.05, 0.1) is 37.5 Å². The molecule has 3 rings (SSSR count). The van der Waals surface area contributed by atoms with Crippen molar-refractivity contribution >= 4 is 17.6 Å². The molecule has 0 bridgehead atoms. The second kappa shape index (κ2) is 8.82. The van der Waals surface area contributed by atoms with E-state index in [2.05, 4.69) is 12.2 Å².